The van der Waals surface area contributed by atoms with Gasteiger partial charge in [0, 0.05) is 6.42 Å². The van der Waals surface area contributed by atoms with Crippen molar-refractivity contribution >= 4 is 0 Å². The fourth-order valence-electron chi connectivity index (χ4n) is 2.81. The van der Waals surface area contributed by atoms with E-state index in [4.69, 9.17) is 9.47 Å². The van der Waals surface area contributed by atoms with Gasteiger partial charge in [0.1, 0.15) is 0 Å². The van der Waals surface area contributed by atoms with E-state index in [0.717, 1.165) is 32.1 Å². The third-order valence-corrected chi connectivity index (χ3v) is 4.38. The first kappa shape index (κ1) is 17.9. The molecule has 0 radical (unpaired) electrons. The molecular weight excluding hydrogens is 256 g/mol. The van der Waals surface area contributed by atoms with Gasteiger partial charge in [-0.25, -0.2) is 0 Å². The van der Waals surface area contributed by atoms with Crippen LogP contribution in [0.5, 0.6) is 0 Å². The monoisotopic (exact) mass is 288 g/mol. The summed E-state index contributed by atoms with van der Waals surface area (Å²) < 4.78 is 12.1. The van der Waals surface area contributed by atoms with Gasteiger partial charge in [0.25, 0.3) is 0 Å². The molecule has 0 aromatic heterocycles. The molecule has 1 aliphatic heterocycles. The molecule has 1 saturated heterocycles. The largest absolute Gasteiger partial charge is 0.396 e. The van der Waals surface area contributed by atoms with E-state index in [0.29, 0.717) is 19.1 Å². The summed E-state index contributed by atoms with van der Waals surface area (Å²) in [6, 6.07) is 0. The van der Waals surface area contributed by atoms with E-state index in [-0.39, 0.29) is 25.4 Å². The Labute approximate surface area is 123 Å². The predicted molar refractivity (Wildman–Crippen MR) is 79.7 cm³/mol. The minimum atomic E-state index is -0.656. The number of hydrogen-bond donors (Lipinski definition) is 2. The highest BCUT2D eigenvalue weighted by molar-refractivity contribution is 4.83. The summed E-state index contributed by atoms with van der Waals surface area (Å²) in [6.07, 6.45) is 5.60. The summed E-state index contributed by atoms with van der Waals surface area (Å²) in [4.78, 5) is 0. The van der Waals surface area contributed by atoms with Crippen LogP contribution in [0.2, 0.25) is 0 Å². The van der Waals surface area contributed by atoms with Crippen molar-refractivity contribution in [1.29, 1.82) is 0 Å². The Morgan fingerprint density at radius 3 is 2.30 bits per heavy atom. The first-order valence-corrected chi connectivity index (χ1v) is 8.05. The van der Waals surface area contributed by atoms with Crippen molar-refractivity contribution in [2.24, 2.45) is 11.3 Å². The van der Waals surface area contributed by atoms with Gasteiger partial charge in [0.2, 0.25) is 0 Å². The third-order valence-electron chi connectivity index (χ3n) is 4.38. The van der Waals surface area contributed by atoms with E-state index in [1.165, 1.54) is 0 Å². The minimum absolute atomic E-state index is 0.1000. The quantitative estimate of drug-likeness (QED) is 0.755. The number of aliphatic hydroxyl groups excluding tert-OH is 2. The van der Waals surface area contributed by atoms with E-state index >= 15 is 0 Å². The molecule has 0 bridgehead atoms. The number of hydrogen-bond acceptors (Lipinski definition) is 4. The van der Waals surface area contributed by atoms with Crippen LogP contribution in [0.25, 0.3) is 0 Å². The molecule has 0 saturated carbocycles. The van der Waals surface area contributed by atoms with E-state index < -0.39 is 5.41 Å². The summed E-state index contributed by atoms with van der Waals surface area (Å²) in [6.45, 7) is 7.11. The maximum atomic E-state index is 9.58. The standard InChI is InChI=1S/C16H32O4/c1-4-6-13(3)15-8-14(7-5-2)19-11-16(9-17,10-18)12-20-15/h13-15,17-18H,4-12H2,1-3H3. The van der Waals surface area contributed by atoms with E-state index in [1.54, 1.807) is 0 Å². The van der Waals surface area contributed by atoms with Crippen LogP contribution in [0, 0.1) is 11.3 Å². The second kappa shape index (κ2) is 8.98. The normalized spacial score (nSPS) is 28.6. The second-order valence-corrected chi connectivity index (χ2v) is 6.39. The molecule has 1 aliphatic rings. The fraction of sp³-hybridized carbons (Fsp3) is 1.00. The van der Waals surface area contributed by atoms with Crippen molar-refractivity contribution in [1.82, 2.24) is 0 Å². The predicted octanol–water partition coefficient (Wildman–Crippen LogP) is 2.37. The van der Waals surface area contributed by atoms with Crippen molar-refractivity contribution < 1.29 is 19.7 Å². The Morgan fingerprint density at radius 2 is 1.75 bits per heavy atom. The number of aliphatic hydroxyl groups is 2. The van der Waals surface area contributed by atoms with Crippen molar-refractivity contribution in [2.75, 3.05) is 26.4 Å². The summed E-state index contributed by atoms with van der Waals surface area (Å²) in [5.41, 5.74) is -0.656. The van der Waals surface area contributed by atoms with Crippen LogP contribution < -0.4 is 0 Å². The highest BCUT2D eigenvalue weighted by Gasteiger charge is 2.36. The van der Waals surface area contributed by atoms with Gasteiger partial charge in [-0.3, -0.25) is 0 Å². The van der Waals surface area contributed by atoms with E-state index in [1.807, 2.05) is 0 Å². The third kappa shape index (κ3) is 4.99. The zero-order valence-electron chi connectivity index (χ0n) is 13.3. The van der Waals surface area contributed by atoms with Gasteiger partial charge < -0.3 is 19.7 Å². The molecular formula is C16H32O4. The Kier molecular flexibility index (Phi) is 8.03. The highest BCUT2D eigenvalue weighted by Crippen LogP contribution is 2.29. The Hall–Kier alpha value is -0.160. The van der Waals surface area contributed by atoms with Crippen molar-refractivity contribution in [2.45, 2.75) is 65.1 Å². The first-order chi connectivity index (χ1) is 9.60. The number of rotatable bonds is 7. The smallest absolute Gasteiger partial charge is 0.0632 e. The molecule has 0 aromatic carbocycles. The first-order valence-electron chi connectivity index (χ1n) is 8.05. The maximum absolute atomic E-state index is 9.58. The molecule has 1 heterocycles. The van der Waals surface area contributed by atoms with Crippen molar-refractivity contribution in [3.05, 3.63) is 0 Å². The van der Waals surface area contributed by atoms with Gasteiger partial charge in [0.05, 0.1) is 44.1 Å². The lowest BCUT2D eigenvalue weighted by Crippen LogP contribution is -2.45. The Morgan fingerprint density at radius 1 is 1.10 bits per heavy atom. The van der Waals surface area contributed by atoms with E-state index in [9.17, 15) is 10.2 Å². The van der Waals surface area contributed by atoms with Crippen LogP contribution in [-0.4, -0.2) is 48.8 Å². The maximum Gasteiger partial charge on any atom is 0.0632 e. The van der Waals surface area contributed by atoms with Gasteiger partial charge >= 0.3 is 0 Å². The van der Waals surface area contributed by atoms with Gasteiger partial charge in [-0.1, -0.05) is 33.6 Å². The van der Waals surface area contributed by atoms with Crippen LogP contribution in [0.15, 0.2) is 0 Å². The van der Waals surface area contributed by atoms with Crippen LogP contribution in [0.3, 0.4) is 0 Å². The highest BCUT2D eigenvalue weighted by atomic mass is 16.5. The molecule has 4 nitrogen and oxygen atoms in total. The average Bonchev–Trinajstić information content (AvgIpc) is 2.44. The SMILES string of the molecule is CCCC1CC(C(C)CCC)OCC(CO)(CO)CO1. The molecule has 0 amide bonds. The molecule has 1 rings (SSSR count). The summed E-state index contributed by atoms with van der Waals surface area (Å²) in [5.74, 6) is 0.483. The van der Waals surface area contributed by atoms with Crippen LogP contribution in [0.1, 0.15) is 52.9 Å². The van der Waals surface area contributed by atoms with E-state index in [2.05, 4.69) is 20.8 Å². The summed E-state index contributed by atoms with van der Waals surface area (Å²) >= 11 is 0. The van der Waals surface area contributed by atoms with Crippen molar-refractivity contribution in [3.63, 3.8) is 0 Å². The Balaban J connectivity index is 2.75. The molecule has 0 spiro atoms. The molecule has 0 aromatic rings. The van der Waals surface area contributed by atoms with Crippen LogP contribution >= 0.6 is 0 Å². The van der Waals surface area contributed by atoms with Gasteiger partial charge in [-0.05, 0) is 18.8 Å². The minimum Gasteiger partial charge on any atom is -0.396 e. The molecule has 1 fully saturated rings. The lowest BCUT2D eigenvalue weighted by molar-refractivity contribution is -0.154. The van der Waals surface area contributed by atoms with Gasteiger partial charge in [-0.2, -0.15) is 0 Å². The molecule has 3 atom stereocenters. The van der Waals surface area contributed by atoms with Crippen molar-refractivity contribution in [3.8, 4) is 0 Å². The Bertz CT molecular complexity index is 253. The van der Waals surface area contributed by atoms with Gasteiger partial charge in [0.15, 0.2) is 0 Å². The molecule has 120 valence electrons. The lowest BCUT2D eigenvalue weighted by Gasteiger charge is -2.38. The lowest BCUT2D eigenvalue weighted by atomic mass is 9.89. The molecule has 20 heavy (non-hydrogen) atoms. The molecule has 4 heteroatoms. The molecule has 2 N–H and O–H groups in total. The zero-order chi connectivity index (χ0) is 15.0. The number of ether oxygens (including phenoxy) is 2. The zero-order valence-corrected chi connectivity index (χ0v) is 13.3. The fourth-order valence-corrected chi connectivity index (χ4v) is 2.81. The van der Waals surface area contributed by atoms with Crippen LogP contribution in [-0.2, 0) is 9.47 Å². The molecule has 0 aliphatic carbocycles. The summed E-state index contributed by atoms with van der Waals surface area (Å²) in [7, 11) is 0. The second-order valence-electron chi connectivity index (χ2n) is 6.39. The topological polar surface area (TPSA) is 58.9 Å². The van der Waals surface area contributed by atoms with Gasteiger partial charge in [-0.15, -0.1) is 0 Å². The summed E-state index contributed by atoms with van der Waals surface area (Å²) in [5, 5.41) is 19.2. The molecule has 3 unspecified atom stereocenters. The van der Waals surface area contributed by atoms with Crippen LogP contribution in [0.4, 0.5) is 0 Å². The average molecular weight is 288 g/mol.